The highest BCUT2D eigenvalue weighted by atomic mass is 35.5. The van der Waals surface area contributed by atoms with Crippen molar-refractivity contribution in [3.8, 4) is 11.3 Å². The minimum absolute atomic E-state index is 0.269. The van der Waals surface area contributed by atoms with Crippen LogP contribution in [0.3, 0.4) is 0 Å². The lowest BCUT2D eigenvalue weighted by Crippen LogP contribution is -2.08. The van der Waals surface area contributed by atoms with E-state index in [1.807, 2.05) is 30.3 Å². The molecular formula is C20H21ClN4. The van der Waals surface area contributed by atoms with Crippen molar-refractivity contribution in [3.63, 3.8) is 0 Å². The predicted molar refractivity (Wildman–Crippen MR) is 105 cm³/mol. The second kappa shape index (κ2) is 7.53. The molecule has 1 aromatic heterocycles. The molecule has 4 nitrogen and oxygen atoms in total. The number of benzene rings is 2. The molecular weight excluding hydrogens is 332 g/mol. The Morgan fingerprint density at radius 3 is 2.32 bits per heavy atom. The van der Waals surface area contributed by atoms with Crippen molar-refractivity contribution in [2.75, 3.05) is 17.6 Å². The Morgan fingerprint density at radius 1 is 0.960 bits per heavy atom. The molecule has 0 saturated heterocycles. The lowest BCUT2D eigenvalue weighted by Gasteiger charge is -2.10. The van der Waals surface area contributed by atoms with Crippen molar-refractivity contribution < 1.29 is 0 Å². The number of nitrogen functional groups attached to an aromatic ring is 1. The molecule has 2 aromatic carbocycles. The van der Waals surface area contributed by atoms with Crippen molar-refractivity contribution in [1.29, 1.82) is 0 Å². The number of hydrogen-bond donors (Lipinski definition) is 2. The van der Waals surface area contributed by atoms with Crippen molar-refractivity contribution >= 4 is 23.4 Å². The molecule has 0 aliphatic rings. The molecule has 3 rings (SSSR count). The van der Waals surface area contributed by atoms with Gasteiger partial charge >= 0.3 is 0 Å². The van der Waals surface area contributed by atoms with Crippen LogP contribution in [0, 0.1) is 13.8 Å². The number of nitrogens with one attached hydrogen (secondary N) is 1. The summed E-state index contributed by atoms with van der Waals surface area (Å²) in [5.41, 5.74) is 11.4. The van der Waals surface area contributed by atoms with E-state index in [4.69, 9.17) is 17.3 Å². The van der Waals surface area contributed by atoms with E-state index < -0.39 is 0 Å². The Labute approximate surface area is 153 Å². The highest BCUT2D eigenvalue weighted by Gasteiger charge is 2.06. The second-order valence-corrected chi connectivity index (χ2v) is 6.61. The number of hydrogen-bond acceptors (Lipinski definition) is 4. The minimum atomic E-state index is 0.269. The molecule has 3 N–H and O–H groups in total. The largest absolute Gasteiger partial charge is 0.370 e. The van der Waals surface area contributed by atoms with Crippen LogP contribution in [0.5, 0.6) is 0 Å². The highest BCUT2D eigenvalue weighted by molar-refractivity contribution is 6.30. The van der Waals surface area contributed by atoms with Crippen LogP contribution >= 0.6 is 11.6 Å². The number of nitrogens with two attached hydrogens (primary N) is 1. The molecule has 25 heavy (non-hydrogen) atoms. The van der Waals surface area contributed by atoms with Gasteiger partial charge < -0.3 is 11.1 Å². The summed E-state index contributed by atoms with van der Waals surface area (Å²) < 4.78 is 0. The molecule has 128 valence electrons. The van der Waals surface area contributed by atoms with Gasteiger partial charge in [0, 0.05) is 23.2 Å². The van der Waals surface area contributed by atoms with Crippen LogP contribution < -0.4 is 11.1 Å². The number of aromatic nitrogens is 2. The number of rotatable bonds is 5. The summed E-state index contributed by atoms with van der Waals surface area (Å²) in [4.78, 5) is 8.66. The molecule has 0 aliphatic heterocycles. The summed E-state index contributed by atoms with van der Waals surface area (Å²) in [5.74, 6) is 1.00. The molecule has 0 atom stereocenters. The third kappa shape index (κ3) is 4.70. The first-order chi connectivity index (χ1) is 12.0. The highest BCUT2D eigenvalue weighted by Crippen LogP contribution is 2.23. The van der Waals surface area contributed by atoms with Crippen LogP contribution in [-0.4, -0.2) is 16.5 Å². The molecule has 0 saturated carbocycles. The Morgan fingerprint density at radius 2 is 1.64 bits per heavy atom. The zero-order chi connectivity index (χ0) is 17.8. The lowest BCUT2D eigenvalue weighted by atomic mass is 10.0. The fraction of sp³-hybridized carbons (Fsp3) is 0.200. The van der Waals surface area contributed by atoms with Gasteiger partial charge in [-0.25, -0.2) is 4.98 Å². The second-order valence-electron chi connectivity index (χ2n) is 6.18. The van der Waals surface area contributed by atoms with Gasteiger partial charge in [-0.2, -0.15) is 4.98 Å². The van der Waals surface area contributed by atoms with Crippen molar-refractivity contribution in [2.45, 2.75) is 20.3 Å². The first-order valence-corrected chi connectivity index (χ1v) is 8.59. The van der Waals surface area contributed by atoms with Crippen molar-refractivity contribution in [2.24, 2.45) is 0 Å². The van der Waals surface area contributed by atoms with E-state index in [0.29, 0.717) is 0 Å². The SMILES string of the molecule is Cc1cc(C)cc(-c2cc(NCCc3ccc(Cl)cc3)nc(N)n2)c1. The van der Waals surface area contributed by atoms with Gasteiger partial charge in [-0.15, -0.1) is 0 Å². The van der Waals surface area contributed by atoms with E-state index in [2.05, 4.69) is 47.3 Å². The molecule has 0 unspecified atom stereocenters. The van der Waals surface area contributed by atoms with Crippen LogP contribution in [0.1, 0.15) is 16.7 Å². The fourth-order valence-electron chi connectivity index (χ4n) is 2.81. The number of halogens is 1. The van der Waals surface area contributed by atoms with E-state index in [1.165, 1.54) is 16.7 Å². The van der Waals surface area contributed by atoms with Gasteiger partial charge in [0.15, 0.2) is 0 Å². The Bertz CT molecular complexity index is 855. The van der Waals surface area contributed by atoms with Crippen LogP contribution in [0.25, 0.3) is 11.3 Å². The maximum absolute atomic E-state index is 5.91. The van der Waals surface area contributed by atoms with E-state index >= 15 is 0 Å². The minimum Gasteiger partial charge on any atom is -0.370 e. The smallest absolute Gasteiger partial charge is 0.222 e. The van der Waals surface area contributed by atoms with E-state index in [-0.39, 0.29) is 5.95 Å². The average Bonchev–Trinajstić information content (AvgIpc) is 2.55. The lowest BCUT2D eigenvalue weighted by molar-refractivity contribution is 1.00. The summed E-state index contributed by atoms with van der Waals surface area (Å²) >= 11 is 5.91. The van der Waals surface area contributed by atoms with Crippen LogP contribution in [0.15, 0.2) is 48.5 Å². The number of anilines is 2. The van der Waals surface area contributed by atoms with Gasteiger partial charge in [0.2, 0.25) is 5.95 Å². The van der Waals surface area contributed by atoms with Gasteiger partial charge in [0.1, 0.15) is 5.82 Å². The van der Waals surface area contributed by atoms with Crippen LogP contribution in [0.4, 0.5) is 11.8 Å². The Kier molecular flexibility index (Phi) is 5.19. The maximum Gasteiger partial charge on any atom is 0.222 e. The summed E-state index contributed by atoms with van der Waals surface area (Å²) in [7, 11) is 0. The summed E-state index contributed by atoms with van der Waals surface area (Å²) in [6.45, 7) is 4.91. The first-order valence-electron chi connectivity index (χ1n) is 8.21. The molecule has 0 bridgehead atoms. The molecule has 0 aliphatic carbocycles. The molecule has 3 aromatic rings. The van der Waals surface area contributed by atoms with Gasteiger partial charge in [-0.1, -0.05) is 40.9 Å². The summed E-state index contributed by atoms with van der Waals surface area (Å²) in [5, 5.41) is 4.07. The van der Waals surface area contributed by atoms with E-state index in [0.717, 1.165) is 35.1 Å². The summed E-state index contributed by atoms with van der Waals surface area (Å²) in [6.07, 6.45) is 0.875. The molecule has 1 heterocycles. The maximum atomic E-state index is 5.91. The molecule has 5 heteroatoms. The molecule has 0 spiro atoms. The van der Waals surface area contributed by atoms with Gasteiger partial charge in [0.05, 0.1) is 5.69 Å². The topological polar surface area (TPSA) is 63.8 Å². The van der Waals surface area contributed by atoms with Crippen molar-refractivity contribution in [1.82, 2.24) is 9.97 Å². The number of nitrogens with zero attached hydrogens (tertiary/aromatic N) is 2. The van der Waals surface area contributed by atoms with Crippen LogP contribution in [0.2, 0.25) is 5.02 Å². The van der Waals surface area contributed by atoms with Crippen molar-refractivity contribution in [3.05, 3.63) is 70.2 Å². The van der Waals surface area contributed by atoms with Crippen LogP contribution in [-0.2, 0) is 6.42 Å². The molecule has 0 radical (unpaired) electrons. The molecule has 0 amide bonds. The van der Waals surface area contributed by atoms with Gasteiger partial charge in [-0.05, 0) is 50.1 Å². The fourth-order valence-corrected chi connectivity index (χ4v) is 2.94. The van der Waals surface area contributed by atoms with Gasteiger partial charge in [0.25, 0.3) is 0 Å². The van der Waals surface area contributed by atoms with E-state index in [9.17, 15) is 0 Å². The normalized spacial score (nSPS) is 10.7. The monoisotopic (exact) mass is 352 g/mol. The Balaban J connectivity index is 1.74. The zero-order valence-electron chi connectivity index (χ0n) is 14.4. The van der Waals surface area contributed by atoms with Gasteiger partial charge in [-0.3, -0.25) is 0 Å². The third-order valence-electron chi connectivity index (χ3n) is 3.89. The first kappa shape index (κ1) is 17.2. The average molecular weight is 353 g/mol. The third-order valence-corrected chi connectivity index (χ3v) is 4.15. The zero-order valence-corrected chi connectivity index (χ0v) is 15.1. The quantitative estimate of drug-likeness (QED) is 0.701. The van der Waals surface area contributed by atoms with E-state index in [1.54, 1.807) is 0 Å². The predicted octanol–water partition coefficient (Wildman–Crippen LogP) is 4.65. The summed E-state index contributed by atoms with van der Waals surface area (Å²) in [6, 6.07) is 16.1. The standard InChI is InChI=1S/C20H21ClN4/c1-13-9-14(2)11-16(10-13)18-12-19(25-20(22)24-18)23-8-7-15-3-5-17(21)6-4-15/h3-6,9-12H,7-8H2,1-2H3,(H3,22,23,24,25). The molecule has 0 fully saturated rings. The number of aryl methyl sites for hydroxylation is 2. The Hall–Kier alpha value is -2.59.